The van der Waals surface area contributed by atoms with Crippen LogP contribution in [0.5, 0.6) is 0 Å². The summed E-state index contributed by atoms with van der Waals surface area (Å²) in [4.78, 5) is 50.2. The predicted molar refractivity (Wildman–Crippen MR) is 183 cm³/mol. The van der Waals surface area contributed by atoms with E-state index in [0.29, 0.717) is 31.0 Å². The fourth-order valence-corrected chi connectivity index (χ4v) is 5.84. The van der Waals surface area contributed by atoms with Crippen molar-refractivity contribution in [3.05, 3.63) is 134 Å². The topological polar surface area (TPSA) is 163 Å². The number of rotatable bonds is 10. The van der Waals surface area contributed by atoms with Gasteiger partial charge in [0.25, 0.3) is 5.69 Å². The zero-order chi connectivity index (χ0) is 35.7. The SMILES string of the molecule is CC1=C(C(=O)OC(C)C)C(c2cccc([N+](=O)[O-])c2)C(C(=O)OC2CN(C(c3ccccc3)c3ccccc3)C2)=C(N)N1.CCOC(C)=O. The molecular formula is C37H42N4O8. The minimum atomic E-state index is -1.03. The van der Waals surface area contributed by atoms with E-state index < -0.39 is 35.0 Å². The molecule has 1 fully saturated rings. The number of nitro groups is 1. The molecule has 2 aliphatic heterocycles. The zero-order valence-electron chi connectivity index (χ0n) is 28.3. The minimum Gasteiger partial charge on any atom is -0.466 e. The first kappa shape index (κ1) is 36.3. The Kier molecular flexibility index (Phi) is 12.3. The Balaban J connectivity index is 0.000000827. The number of nitrogens with zero attached hydrogens (tertiary/aromatic N) is 2. The molecule has 0 radical (unpaired) electrons. The molecule has 0 aromatic heterocycles. The van der Waals surface area contributed by atoms with Gasteiger partial charge in [-0.3, -0.25) is 19.8 Å². The van der Waals surface area contributed by atoms with Crippen LogP contribution in [0.1, 0.15) is 63.3 Å². The van der Waals surface area contributed by atoms with E-state index in [-0.39, 0.29) is 34.7 Å². The number of ether oxygens (including phenoxy) is 3. The Morgan fingerprint density at radius 1 is 0.939 bits per heavy atom. The third kappa shape index (κ3) is 9.11. The molecule has 0 amide bonds. The number of allylic oxidation sites excluding steroid dienone is 1. The van der Waals surface area contributed by atoms with Crippen LogP contribution in [-0.4, -0.2) is 59.6 Å². The normalized spacial score (nSPS) is 16.3. The van der Waals surface area contributed by atoms with Crippen molar-refractivity contribution in [3.63, 3.8) is 0 Å². The largest absolute Gasteiger partial charge is 0.466 e. The van der Waals surface area contributed by atoms with Crippen molar-refractivity contribution in [2.75, 3.05) is 19.7 Å². The molecule has 258 valence electrons. The van der Waals surface area contributed by atoms with Crippen LogP contribution in [0.2, 0.25) is 0 Å². The summed E-state index contributed by atoms with van der Waals surface area (Å²) in [5.74, 6) is -2.58. The Morgan fingerprint density at radius 3 is 2.02 bits per heavy atom. The van der Waals surface area contributed by atoms with Crippen LogP contribution in [0.15, 0.2) is 108 Å². The summed E-state index contributed by atoms with van der Waals surface area (Å²) in [6.45, 7) is 9.70. The van der Waals surface area contributed by atoms with Gasteiger partial charge in [-0.05, 0) is 44.4 Å². The maximum Gasteiger partial charge on any atom is 0.339 e. The van der Waals surface area contributed by atoms with Crippen LogP contribution >= 0.6 is 0 Å². The molecular weight excluding hydrogens is 628 g/mol. The molecule has 12 nitrogen and oxygen atoms in total. The number of hydrogen-bond acceptors (Lipinski definition) is 11. The lowest BCUT2D eigenvalue weighted by Crippen LogP contribution is -2.54. The van der Waals surface area contributed by atoms with Gasteiger partial charge in [-0.25, -0.2) is 9.59 Å². The third-order valence-corrected chi connectivity index (χ3v) is 7.88. The molecule has 49 heavy (non-hydrogen) atoms. The zero-order valence-corrected chi connectivity index (χ0v) is 28.3. The number of benzene rings is 3. The van der Waals surface area contributed by atoms with Crippen molar-refractivity contribution >= 4 is 23.6 Å². The number of carbonyl (C=O) groups excluding carboxylic acids is 3. The summed E-state index contributed by atoms with van der Waals surface area (Å²) in [5, 5.41) is 14.5. The summed E-state index contributed by atoms with van der Waals surface area (Å²) in [5.41, 5.74) is 9.31. The Labute approximate surface area is 285 Å². The lowest BCUT2D eigenvalue weighted by Gasteiger charge is -2.44. The molecule has 0 bridgehead atoms. The standard InChI is InChI=1S/C33H34N4O6.C4H8O2/c1-20(2)42-32(38)27-21(3)35-31(34)29(28(27)24-15-10-16-25(17-24)37(40)41)33(39)43-26-18-36(19-26)30(22-11-6-4-7-12-22)23-13-8-5-9-14-23;1-3-6-4(2)5/h4-17,20,26,28,30,35H,18-19,34H2,1-3H3;3H2,1-2H3. The molecule has 5 rings (SSSR count). The molecule has 3 N–H and O–H groups in total. The number of hydrogen-bond donors (Lipinski definition) is 2. The molecule has 0 aliphatic carbocycles. The second-order valence-corrected chi connectivity index (χ2v) is 11.9. The monoisotopic (exact) mass is 670 g/mol. The summed E-state index contributed by atoms with van der Waals surface area (Å²) < 4.78 is 15.9. The van der Waals surface area contributed by atoms with Crippen LogP contribution in [0.4, 0.5) is 5.69 Å². The van der Waals surface area contributed by atoms with Crippen molar-refractivity contribution in [2.24, 2.45) is 5.73 Å². The van der Waals surface area contributed by atoms with Gasteiger partial charge < -0.3 is 25.3 Å². The van der Waals surface area contributed by atoms with E-state index in [1.54, 1.807) is 33.8 Å². The summed E-state index contributed by atoms with van der Waals surface area (Å²) in [6.07, 6.45) is -0.855. The highest BCUT2D eigenvalue weighted by molar-refractivity contribution is 6.00. The molecule has 2 aliphatic rings. The Bertz CT molecular complexity index is 1680. The van der Waals surface area contributed by atoms with E-state index in [0.717, 1.165) is 11.1 Å². The molecule has 2 heterocycles. The Hall–Kier alpha value is -5.49. The summed E-state index contributed by atoms with van der Waals surface area (Å²) in [6, 6.07) is 26.0. The molecule has 1 unspecified atom stereocenters. The van der Waals surface area contributed by atoms with Gasteiger partial charge in [0.2, 0.25) is 0 Å². The maximum atomic E-state index is 13.8. The van der Waals surface area contributed by atoms with E-state index in [1.807, 2.05) is 36.4 Å². The average Bonchev–Trinajstić information content (AvgIpc) is 3.04. The molecule has 1 saturated heterocycles. The van der Waals surface area contributed by atoms with E-state index >= 15 is 0 Å². The first-order chi connectivity index (χ1) is 23.4. The lowest BCUT2D eigenvalue weighted by atomic mass is 9.81. The fraction of sp³-hybridized carbons (Fsp3) is 0.324. The van der Waals surface area contributed by atoms with Gasteiger partial charge in [-0.2, -0.15) is 0 Å². The maximum absolute atomic E-state index is 13.8. The average molecular weight is 671 g/mol. The van der Waals surface area contributed by atoms with Crippen molar-refractivity contribution < 1.29 is 33.5 Å². The number of likely N-dealkylation sites (tertiary alicyclic amines) is 1. The fourth-order valence-electron chi connectivity index (χ4n) is 5.84. The molecule has 3 aromatic rings. The lowest BCUT2D eigenvalue weighted by molar-refractivity contribution is -0.384. The van der Waals surface area contributed by atoms with Crippen molar-refractivity contribution in [1.29, 1.82) is 0 Å². The molecule has 1 atom stereocenters. The highest BCUT2D eigenvalue weighted by Gasteiger charge is 2.42. The molecule has 0 spiro atoms. The van der Waals surface area contributed by atoms with Crippen LogP contribution < -0.4 is 11.1 Å². The van der Waals surface area contributed by atoms with Gasteiger partial charge in [0.15, 0.2) is 0 Å². The van der Waals surface area contributed by atoms with Crippen LogP contribution in [-0.2, 0) is 28.6 Å². The summed E-state index contributed by atoms with van der Waals surface area (Å²) >= 11 is 0. The van der Waals surface area contributed by atoms with Gasteiger partial charge in [-0.15, -0.1) is 0 Å². The quantitative estimate of drug-likeness (QED) is 0.125. The van der Waals surface area contributed by atoms with Gasteiger partial charge in [0.1, 0.15) is 11.9 Å². The van der Waals surface area contributed by atoms with E-state index in [9.17, 15) is 24.5 Å². The van der Waals surface area contributed by atoms with Gasteiger partial charge in [0.05, 0.1) is 40.7 Å². The number of dihydropyridines is 1. The molecule has 3 aromatic carbocycles. The van der Waals surface area contributed by atoms with Crippen molar-refractivity contribution in [3.8, 4) is 0 Å². The molecule has 0 saturated carbocycles. The smallest absolute Gasteiger partial charge is 0.339 e. The first-order valence-corrected chi connectivity index (χ1v) is 16.0. The Morgan fingerprint density at radius 2 is 1.53 bits per heavy atom. The number of carbonyl (C=O) groups is 3. The molecule has 12 heteroatoms. The number of esters is 3. The number of nitro benzene ring substituents is 1. The highest BCUT2D eigenvalue weighted by atomic mass is 16.6. The number of nitrogens with one attached hydrogen (secondary N) is 1. The van der Waals surface area contributed by atoms with Crippen LogP contribution in [0, 0.1) is 10.1 Å². The number of non-ortho nitro benzene ring substituents is 1. The summed E-state index contributed by atoms with van der Waals surface area (Å²) in [7, 11) is 0. The van der Waals surface area contributed by atoms with Gasteiger partial charge in [0, 0.05) is 37.8 Å². The van der Waals surface area contributed by atoms with E-state index in [1.165, 1.54) is 25.1 Å². The van der Waals surface area contributed by atoms with Crippen molar-refractivity contribution in [2.45, 2.75) is 58.8 Å². The second kappa shape index (κ2) is 16.6. The predicted octanol–water partition coefficient (Wildman–Crippen LogP) is 5.26. The van der Waals surface area contributed by atoms with E-state index in [4.69, 9.17) is 15.2 Å². The van der Waals surface area contributed by atoms with Gasteiger partial charge >= 0.3 is 17.9 Å². The third-order valence-electron chi connectivity index (χ3n) is 7.88. The van der Waals surface area contributed by atoms with Crippen LogP contribution in [0.3, 0.4) is 0 Å². The minimum absolute atomic E-state index is 0.00271. The second-order valence-electron chi connectivity index (χ2n) is 11.9. The van der Waals surface area contributed by atoms with Crippen molar-refractivity contribution in [1.82, 2.24) is 10.2 Å². The van der Waals surface area contributed by atoms with Gasteiger partial charge in [-0.1, -0.05) is 72.8 Å². The van der Waals surface area contributed by atoms with Crippen LogP contribution in [0.25, 0.3) is 0 Å². The first-order valence-electron chi connectivity index (χ1n) is 16.0. The van der Waals surface area contributed by atoms with E-state index in [2.05, 4.69) is 39.2 Å². The highest BCUT2D eigenvalue weighted by Crippen LogP contribution is 2.40. The number of nitrogens with two attached hydrogens (primary N) is 1.